The van der Waals surface area contributed by atoms with Crippen LogP contribution in [0.25, 0.3) is 17.0 Å². The molecule has 2 fully saturated rings. The number of aromatic nitrogens is 3. The van der Waals surface area contributed by atoms with Crippen molar-refractivity contribution >= 4 is 11.6 Å². The van der Waals surface area contributed by atoms with Gasteiger partial charge in [0.15, 0.2) is 0 Å². The van der Waals surface area contributed by atoms with Crippen molar-refractivity contribution in [2.45, 2.75) is 44.6 Å². The molecule has 1 saturated heterocycles. The number of hydrogen-bond donors (Lipinski definition) is 2. The lowest BCUT2D eigenvalue weighted by Gasteiger charge is -2.41. The predicted octanol–water partition coefficient (Wildman–Crippen LogP) is 3.69. The number of phenols is 1. The lowest BCUT2D eigenvalue weighted by atomic mass is 9.87. The van der Waals surface area contributed by atoms with Gasteiger partial charge >= 0.3 is 0 Å². The molecule has 0 amide bonds. The minimum atomic E-state index is 0.192. The summed E-state index contributed by atoms with van der Waals surface area (Å²) in [5.74, 6) is 8.31. The van der Waals surface area contributed by atoms with Crippen LogP contribution in [0.5, 0.6) is 5.75 Å². The van der Waals surface area contributed by atoms with Crippen LogP contribution in [0.2, 0.25) is 0 Å². The lowest BCUT2D eigenvalue weighted by Crippen LogP contribution is -2.44. The van der Waals surface area contributed by atoms with Crippen LogP contribution in [-0.4, -0.2) is 43.5 Å². The van der Waals surface area contributed by atoms with Crippen molar-refractivity contribution in [3.8, 4) is 28.8 Å². The van der Waals surface area contributed by atoms with Crippen LogP contribution in [0.4, 0.5) is 5.82 Å². The molecule has 0 unspecified atom stereocenters. The van der Waals surface area contributed by atoms with E-state index < -0.39 is 0 Å². The van der Waals surface area contributed by atoms with Gasteiger partial charge in [0, 0.05) is 30.4 Å². The number of rotatable bonds is 3. The highest BCUT2D eigenvalue weighted by Gasteiger charge is 2.28. The second-order valence-corrected chi connectivity index (χ2v) is 8.46. The van der Waals surface area contributed by atoms with Crippen LogP contribution in [0.1, 0.15) is 44.1 Å². The van der Waals surface area contributed by atoms with Crippen LogP contribution in [0, 0.1) is 17.8 Å². The summed E-state index contributed by atoms with van der Waals surface area (Å²) < 4.78 is 1.82. The number of anilines is 1. The molecule has 3 N–H and O–H groups in total. The van der Waals surface area contributed by atoms with Gasteiger partial charge < -0.3 is 15.7 Å². The maximum absolute atomic E-state index is 10.1. The van der Waals surface area contributed by atoms with Crippen LogP contribution >= 0.6 is 0 Å². The maximum Gasteiger partial charge on any atom is 0.236 e. The summed E-state index contributed by atoms with van der Waals surface area (Å²) in [6, 6.07) is 7.99. The highest BCUT2D eigenvalue weighted by atomic mass is 16.3. The van der Waals surface area contributed by atoms with Gasteiger partial charge in [0.25, 0.3) is 0 Å². The highest BCUT2D eigenvalue weighted by molar-refractivity contribution is 5.68. The summed E-state index contributed by atoms with van der Waals surface area (Å²) in [5, 5.41) is 10.1. The van der Waals surface area contributed by atoms with E-state index in [1.165, 1.54) is 45.2 Å². The third-order valence-corrected chi connectivity index (χ3v) is 6.51. The Morgan fingerprint density at radius 2 is 1.87 bits per heavy atom. The molecule has 2 aromatic heterocycles. The number of likely N-dealkylation sites (tertiary alicyclic amines) is 1. The van der Waals surface area contributed by atoms with Crippen molar-refractivity contribution < 1.29 is 5.11 Å². The van der Waals surface area contributed by atoms with E-state index in [4.69, 9.17) is 5.73 Å². The molecule has 0 spiro atoms. The SMILES string of the molecule is Nc1nc2nc(-c3ccccc3O)cn2cc1C#CCC1CCN(C2CCC2)CC1. The quantitative estimate of drug-likeness (QED) is 0.655. The lowest BCUT2D eigenvalue weighted by molar-refractivity contribution is 0.0856. The van der Waals surface area contributed by atoms with E-state index in [1.807, 2.05) is 28.9 Å². The predicted molar refractivity (Wildman–Crippen MR) is 118 cm³/mol. The van der Waals surface area contributed by atoms with Crippen molar-refractivity contribution in [2.24, 2.45) is 5.92 Å². The molecular weight excluding hydrogens is 374 g/mol. The van der Waals surface area contributed by atoms with E-state index in [1.54, 1.807) is 12.1 Å². The molecule has 0 radical (unpaired) electrons. The first-order chi connectivity index (χ1) is 14.7. The van der Waals surface area contributed by atoms with Gasteiger partial charge in [-0.1, -0.05) is 30.4 Å². The first kappa shape index (κ1) is 19.0. The van der Waals surface area contributed by atoms with Crippen molar-refractivity contribution in [1.82, 2.24) is 19.3 Å². The number of imidazole rings is 1. The molecule has 5 rings (SSSR count). The van der Waals surface area contributed by atoms with Crippen molar-refractivity contribution in [1.29, 1.82) is 0 Å². The Morgan fingerprint density at radius 1 is 1.07 bits per heavy atom. The first-order valence-electron chi connectivity index (χ1n) is 10.8. The summed E-state index contributed by atoms with van der Waals surface area (Å²) in [4.78, 5) is 11.6. The third kappa shape index (κ3) is 3.73. The molecule has 3 aromatic rings. The van der Waals surface area contributed by atoms with E-state index in [2.05, 4.69) is 26.7 Å². The van der Waals surface area contributed by atoms with E-state index >= 15 is 0 Å². The van der Waals surface area contributed by atoms with Crippen LogP contribution < -0.4 is 5.73 Å². The van der Waals surface area contributed by atoms with Crippen LogP contribution in [0.3, 0.4) is 0 Å². The molecule has 0 bridgehead atoms. The highest BCUT2D eigenvalue weighted by Crippen LogP contribution is 2.30. The Kier molecular flexibility index (Phi) is 5.06. The largest absolute Gasteiger partial charge is 0.507 e. The molecule has 30 heavy (non-hydrogen) atoms. The molecule has 6 heteroatoms. The van der Waals surface area contributed by atoms with Gasteiger partial charge in [-0.3, -0.25) is 4.40 Å². The average molecular weight is 402 g/mol. The fourth-order valence-corrected chi connectivity index (χ4v) is 4.42. The number of nitrogens with zero attached hydrogens (tertiary/aromatic N) is 4. The second-order valence-electron chi connectivity index (χ2n) is 8.46. The number of para-hydroxylation sites is 1. The summed E-state index contributed by atoms with van der Waals surface area (Å²) in [7, 11) is 0. The van der Waals surface area contributed by atoms with E-state index in [-0.39, 0.29) is 5.75 Å². The van der Waals surface area contributed by atoms with Gasteiger partial charge in [-0.2, -0.15) is 4.98 Å². The van der Waals surface area contributed by atoms with Gasteiger partial charge in [-0.05, 0) is 56.8 Å². The smallest absolute Gasteiger partial charge is 0.236 e. The van der Waals surface area contributed by atoms with Crippen molar-refractivity contribution in [3.05, 3.63) is 42.2 Å². The van der Waals surface area contributed by atoms with Crippen LogP contribution in [-0.2, 0) is 0 Å². The minimum absolute atomic E-state index is 0.192. The minimum Gasteiger partial charge on any atom is -0.507 e. The van der Waals surface area contributed by atoms with Gasteiger partial charge in [0.05, 0.1) is 11.3 Å². The molecule has 1 aliphatic heterocycles. The number of fused-ring (bicyclic) bond motifs is 1. The summed E-state index contributed by atoms with van der Waals surface area (Å²) in [5.41, 5.74) is 8.18. The van der Waals surface area contributed by atoms with Gasteiger partial charge in [-0.25, -0.2) is 4.98 Å². The van der Waals surface area contributed by atoms with Crippen LogP contribution in [0.15, 0.2) is 36.7 Å². The number of aromatic hydroxyl groups is 1. The number of nitrogens with two attached hydrogens (primary N) is 1. The standard InChI is InChI=1S/C24H27N5O/c25-23-18(6-3-5-17-11-13-28(14-12-17)19-7-4-8-19)15-29-16-21(26-24(29)27-23)20-9-1-2-10-22(20)30/h1-2,9-10,15-17,19,30H,4-5,7-8,11-14H2,(H2,25,26,27). The zero-order valence-electron chi connectivity index (χ0n) is 17.1. The fourth-order valence-electron chi connectivity index (χ4n) is 4.42. The Morgan fingerprint density at radius 3 is 2.60 bits per heavy atom. The first-order valence-corrected chi connectivity index (χ1v) is 10.8. The number of benzene rings is 1. The van der Waals surface area contributed by atoms with Gasteiger partial charge in [0.2, 0.25) is 5.78 Å². The Labute approximate surface area is 176 Å². The van der Waals surface area contributed by atoms with Gasteiger partial charge in [-0.15, -0.1) is 0 Å². The Hall–Kier alpha value is -3.04. The molecule has 1 aromatic carbocycles. The zero-order chi connectivity index (χ0) is 20.5. The monoisotopic (exact) mass is 401 g/mol. The summed E-state index contributed by atoms with van der Waals surface area (Å²) in [6.45, 7) is 2.44. The second kappa shape index (κ2) is 8.00. The molecule has 6 nitrogen and oxygen atoms in total. The molecule has 2 aliphatic rings. The van der Waals surface area contributed by atoms with Gasteiger partial charge in [0.1, 0.15) is 11.6 Å². The van der Waals surface area contributed by atoms with Crippen molar-refractivity contribution in [3.63, 3.8) is 0 Å². The molecule has 0 atom stereocenters. The number of phenolic OH excluding ortho intramolecular Hbond substituents is 1. The average Bonchev–Trinajstić information content (AvgIpc) is 3.11. The summed E-state index contributed by atoms with van der Waals surface area (Å²) in [6.07, 6.45) is 11.3. The fraction of sp³-hybridized carbons (Fsp3) is 0.417. The third-order valence-electron chi connectivity index (χ3n) is 6.51. The normalized spacial score (nSPS) is 18.1. The van der Waals surface area contributed by atoms with E-state index in [0.717, 1.165) is 18.0 Å². The number of hydrogen-bond acceptors (Lipinski definition) is 5. The Bertz CT molecular complexity index is 1110. The molecule has 1 aliphatic carbocycles. The molecule has 3 heterocycles. The topological polar surface area (TPSA) is 79.7 Å². The number of piperidine rings is 1. The zero-order valence-corrected chi connectivity index (χ0v) is 17.1. The Balaban J connectivity index is 1.28. The summed E-state index contributed by atoms with van der Waals surface area (Å²) >= 11 is 0. The van der Waals surface area contributed by atoms with Crippen molar-refractivity contribution in [2.75, 3.05) is 18.8 Å². The molecule has 154 valence electrons. The maximum atomic E-state index is 10.1. The van der Waals surface area contributed by atoms with E-state index in [9.17, 15) is 5.11 Å². The van der Waals surface area contributed by atoms with E-state index in [0.29, 0.717) is 28.8 Å². The number of nitrogen functional groups attached to an aromatic ring is 1. The molecule has 1 saturated carbocycles. The molecular formula is C24H27N5O.